The van der Waals surface area contributed by atoms with Gasteiger partial charge in [-0.25, -0.2) is 15.0 Å². The Morgan fingerprint density at radius 1 is 1.27 bits per heavy atom. The van der Waals surface area contributed by atoms with Gasteiger partial charge in [0.15, 0.2) is 0 Å². The summed E-state index contributed by atoms with van der Waals surface area (Å²) in [5.74, 6) is 0.0939. The highest BCUT2D eigenvalue weighted by atomic mass is 16.5. The van der Waals surface area contributed by atoms with E-state index in [1.54, 1.807) is 24.3 Å². The van der Waals surface area contributed by atoms with Gasteiger partial charge in [0.1, 0.15) is 17.6 Å². The van der Waals surface area contributed by atoms with Crippen molar-refractivity contribution in [3.8, 4) is 0 Å². The highest BCUT2D eigenvalue weighted by Crippen LogP contribution is 2.33. The van der Waals surface area contributed by atoms with E-state index in [1.807, 2.05) is 12.1 Å². The van der Waals surface area contributed by atoms with Crippen LogP contribution in [0.2, 0.25) is 0 Å². The second-order valence-corrected chi connectivity index (χ2v) is 4.70. The number of nitrogens with one attached hydrogen (secondary N) is 1. The Kier molecular flexibility index (Phi) is 3.61. The molecule has 2 aromatic rings. The fraction of sp³-hybridized carbons (Fsp3) is 0.133. The molecule has 0 unspecified atom stereocenters. The maximum Gasteiger partial charge on any atom is 0.339 e. The van der Waals surface area contributed by atoms with Gasteiger partial charge in [-0.1, -0.05) is 18.2 Å². The van der Waals surface area contributed by atoms with Crippen molar-refractivity contribution in [2.24, 2.45) is 10.8 Å². The summed E-state index contributed by atoms with van der Waals surface area (Å²) in [7, 11) is 0. The number of rotatable bonds is 4. The van der Waals surface area contributed by atoms with Crippen molar-refractivity contribution < 1.29 is 18.7 Å². The first-order chi connectivity index (χ1) is 10.6. The average Bonchev–Trinajstić information content (AvgIpc) is 3.13. The van der Waals surface area contributed by atoms with Gasteiger partial charge in [0.05, 0.1) is 11.8 Å². The molecule has 0 aliphatic carbocycles. The lowest BCUT2D eigenvalue weighted by molar-refractivity contribution is 0.0400. The highest BCUT2D eigenvalue weighted by molar-refractivity contribution is 6.00. The Bertz CT molecular complexity index is 737. The van der Waals surface area contributed by atoms with Crippen molar-refractivity contribution in [2.45, 2.75) is 12.5 Å². The molecule has 0 bridgehead atoms. The van der Waals surface area contributed by atoms with Gasteiger partial charge < -0.3 is 14.9 Å². The Morgan fingerprint density at radius 2 is 2.09 bits per heavy atom. The molecule has 0 saturated carbocycles. The maximum absolute atomic E-state index is 11.8. The Labute approximate surface area is 125 Å². The normalized spacial score (nSPS) is 17.0. The van der Waals surface area contributed by atoms with E-state index in [0.29, 0.717) is 17.0 Å². The third-order valence-corrected chi connectivity index (χ3v) is 3.26. The number of carbonyl (C=O) groups excluding carboxylic acids is 2. The quantitative estimate of drug-likeness (QED) is 0.511. The number of esters is 1. The summed E-state index contributed by atoms with van der Waals surface area (Å²) < 4.78 is 10.7. The van der Waals surface area contributed by atoms with Crippen LogP contribution in [0.25, 0.3) is 0 Å². The number of cyclic esters (lactones) is 1. The molecule has 7 nitrogen and oxygen atoms in total. The summed E-state index contributed by atoms with van der Waals surface area (Å²) in [4.78, 5) is 22.7. The molecule has 7 heteroatoms. The van der Waals surface area contributed by atoms with Crippen LogP contribution in [0.1, 0.15) is 34.2 Å². The number of urea groups is 1. The lowest BCUT2D eigenvalue weighted by Crippen LogP contribution is -2.26. The Hall–Kier alpha value is -3.09. The molecule has 112 valence electrons. The average molecular weight is 299 g/mol. The molecule has 1 atom stereocenters. The highest BCUT2D eigenvalue weighted by Gasteiger charge is 2.32. The summed E-state index contributed by atoms with van der Waals surface area (Å²) in [6.07, 6.45) is 1.27. The van der Waals surface area contributed by atoms with Crippen LogP contribution in [0.4, 0.5) is 4.79 Å². The zero-order valence-electron chi connectivity index (χ0n) is 11.5. The van der Waals surface area contributed by atoms with Crippen molar-refractivity contribution in [3.63, 3.8) is 0 Å². The third kappa shape index (κ3) is 2.69. The van der Waals surface area contributed by atoms with Gasteiger partial charge >= 0.3 is 12.0 Å². The molecule has 0 saturated heterocycles. The summed E-state index contributed by atoms with van der Waals surface area (Å²) >= 11 is 0. The summed E-state index contributed by atoms with van der Waals surface area (Å²) in [5.41, 5.74) is 8.95. The van der Waals surface area contributed by atoms with E-state index in [2.05, 4.69) is 10.5 Å². The van der Waals surface area contributed by atoms with Crippen LogP contribution in [-0.4, -0.2) is 17.7 Å². The van der Waals surface area contributed by atoms with E-state index < -0.39 is 12.1 Å². The molecule has 1 aromatic carbocycles. The standard InChI is InChI=1S/C15H13N3O4/c16-15(20)18-17-11(12-6-3-7-21-12)8-13-9-4-1-2-5-10(9)14(19)22-13/h1-7,13H,8H2,(H3,16,18,20)/b17-11+/t13-/m0/s1. The van der Waals surface area contributed by atoms with Crippen LogP contribution < -0.4 is 11.2 Å². The number of hydrogen-bond acceptors (Lipinski definition) is 5. The lowest BCUT2D eigenvalue weighted by atomic mass is 10.0. The van der Waals surface area contributed by atoms with Crippen LogP contribution >= 0.6 is 0 Å². The van der Waals surface area contributed by atoms with E-state index >= 15 is 0 Å². The zero-order chi connectivity index (χ0) is 15.5. The van der Waals surface area contributed by atoms with E-state index in [0.717, 1.165) is 5.56 Å². The van der Waals surface area contributed by atoms with Crippen molar-refractivity contribution >= 4 is 17.7 Å². The smallest absolute Gasteiger partial charge is 0.339 e. The van der Waals surface area contributed by atoms with Crippen LogP contribution in [0, 0.1) is 0 Å². The monoisotopic (exact) mass is 299 g/mol. The molecule has 1 aliphatic rings. The van der Waals surface area contributed by atoms with Gasteiger partial charge in [-0.15, -0.1) is 0 Å². The number of benzene rings is 1. The van der Waals surface area contributed by atoms with Gasteiger partial charge in [0, 0.05) is 12.0 Å². The number of nitrogens with two attached hydrogens (primary N) is 1. The van der Waals surface area contributed by atoms with Crippen molar-refractivity contribution in [1.82, 2.24) is 5.43 Å². The minimum absolute atomic E-state index is 0.260. The Morgan fingerprint density at radius 3 is 2.82 bits per heavy atom. The molecule has 0 fully saturated rings. The van der Waals surface area contributed by atoms with Crippen molar-refractivity contribution in [2.75, 3.05) is 0 Å². The molecule has 2 amide bonds. The van der Waals surface area contributed by atoms with Gasteiger partial charge in [-0.2, -0.15) is 5.10 Å². The topological polar surface area (TPSA) is 107 Å². The maximum atomic E-state index is 11.8. The predicted molar refractivity (Wildman–Crippen MR) is 77.2 cm³/mol. The first-order valence-electron chi connectivity index (χ1n) is 6.61. The van der Waals surface area contributed by atoms with Crippen LogP contribution in [0.5, 0.6) is 0 Å². The van der Waals surface area contributed by atoms with E-state index in [9.17, 15) is 9.59 Å². The second kappa shape index (κ2) is 5.72. The SMILES string of the molecule is NC(=O)N/N=C(\C[C@@H]1OC(=O)c2ccccc21)c1ccco1. The van der Waals surface area contributed by atoms with Crippen LogP contribution in [0.15, 0.2) is 52.2 Å². The zero-order valence-corrected chi connectivity index (χ0v) is 11.5. The molecule has 2 heterocycles. The molecule has 22 heavy (non-hydrogen) atoms. The van der Waals surface area contributed by atoms with Gasteiger partial charge in [-0.3, -0.25) is 0 Å². The fourth-order valence-corrected chi connectivity index (χ4v) is 2.31. The predicted octanol–water partition coefficient (Wildman–Crippen LogP) is 1.95. The van der Waals surface area contributed by atoms with E-state index in [1.165, 1.54) is 6.26 Å². The minimum Gasteiger partial charge on any atom is -0.463 e. The van der Waals surface area contributed by atoms with Crippen molar-refractivity contribution in [1.29, 1.82) is 0 Å². The molecule has 1 aliphatic heterocycles. The first kappa shape index (κ1) is 13.9. The second-order valence-electron chi connectivity index (χ2n) is 4.70. The third-order valence-electron chi connectivity index (χ3n) is 3.26. The van der Waals surface area contributed by atoms with Gasteiger partial charge in [-0.05, 0) is 18.2 Å². The molecular weight excluding hydrogens is 286 g/mol. The number of ether oxygens (including phenoxy) is 1. The number of hydrazone groups is 1. The summed E-state index contributed by atoms with van der Waals surface area (Å²) in [5, 5.41) is 3.93. The fourth-order valence-electron chi connectivity index (χ4n) is 2.31. The van der Waals surface area contributed by atoms with Gasteiger partial charge in [0.25, 0.3) is 0 Å². The number of hydrogen-bond donors (Lipinski definition) is 2. The minimum atomic E-state index is -0.784. The molecule has 0 radical (unpaired) electrons. The number of fused-ring (bicyclic) bond motifs is 1. The first-order valence-corrected chi connectivity index (χ1v) is 6.61. The molecular formula is C15H13N3O4. The lowest BCUT2D eigenvalue weighted by Gasteiger charge is -2.11. The van der Waals surface area contributed by atoms with E-state index in [4.69, 9.17) is 14.9 Å². The van der Waals surface area contributed by atoms with Crippen molar-refractivity contribution in [3.05, 3.63) is 59.5 Å². The molecule has 1 aromatic heterocycles. The molecule has 3 rings (SSSR count). The largest absolute Gasteiger partial charge is 0.463 e. The number of primary amides is 1. The number of furan rings is 1. The molecule has 3 N–H and O–H groups in total. The van der Waals surface area contributed by atoms with E-state index in [-0.39, 0.29) is 12.4 Å². The molecule has 0 spiro atoms. The number of carbonyl (C=O) groups is 2. The Balaban J connectivity index is 1.87. The number of nitrogens with zero attached hydrogens (tertiary/aromatic N) is 1. The summed E-state index contributed by atoms with van der Waals surface area (Å²) in [6, 6.07) is 9.76. The number of amides is 2. The van der Waals surface area contributed by atoms with Gasteiger partial charge in [0.2, 0.25) is 0 Å². The summed E-state index contributed by atoms with van der Waals surface area (Å²) in [6.45, 7) is 0. The van der Waals surface area contributed by atoms with Crippen LogP contribution in [0.3, 0.4) is 0 Å². The van der Waals surface area contributed by atoms with Crippen LogP contribution in [-0.2, 0) is 4.74 Å².